The average molecular weight is 542 g/mol. The smallest absolute Gasteiger partial charge is 0.280 e. The van der Waals surface area contributed by atoms with Crippen molar-refractivity contribution >= 4 is 34.5 Å². The van der Waals surface area contributed by atoms with Crippen molar-refractivity contribution in [1.82, 2.24) is 30.2 Å². The normalized spacial score (nSPS) is 12.4. The van der Waals surface area contributed by atoms with Crippen molar-refractivity contribution in [1.29, 1.82) is 0 Å². The quantitative estimate of drug-likeness (QED) is 0.276. The van der Waals surface area contributed by atoms with Gasteiger partial charge in [-0.3, -0.25) is 19.2 Å². The van der Waals surface area contributed by atoms with Gasteiger partial charge in [-0.1, -0.05) is 12.1 Å². The fourth-order valence-electron chi connectivity index (χ4n) is 4.75. The number of hydroxylamine groups is 1. The molecule has 40 heavy (non-hydrogen) atoms. The maximum atomic E-state index is 13.3. The number of likely N-dealkylation sites (N-methyl/N-ethyl adjacent to an activating group) is 1. The molecule has 1 aliphatic carbocycles. The third-order valence-electron chi connectivity index (χ3n) is 6.77. The van der Waals surface area contributed by atoms with E-state index in [1.165, 1.54) is 30.6 Å². The minimum Gasteiger partial charge on any atom is -0.351 e. The Labute approximate surface area is 231 Å². The molecule has 0 radical (unpaired) electrons. The molecule has 0 saturated heterocycles. The van der Waals surface area contributed by atoms with Gasteiger partial charge in [0.15, 0.2) is 5.65 Å². The van der Waals surface area contributed by atoms with Crippen molar-refractivity contribution in [2.24, 2.45) is 0 Å². The van der Waals surface area contributed by atoms with Gasteiger partial charge in [-0.15, -0.1) is 0 Å². The van der Waals surface area contributed by atoms with Crippen molar-refractivity contribution < 1.29 is 14.4 Å². The molecule has 0 atom stereocenters. The first-order chi connectivity index (χ1) is 19.3. The lowest BCUT2D eigenvalue weighted by atomic mass is 10.1. The Balaban J connectivity index is 1.52. The molecule has 1 aliphatic rings. The molecule has 0 bridgehead atoms. The Morgan fingerprint density at radius 1 is 1.07 bits per heavy atom. The molecule has 2 aromatic heterocycles. The highest BCUT2D eigenvalue weighted by Gasteiger charge is 2.20. The van der Waals surface area contributed by atoms with Crippen LogP contribution in [0.3, 0.4) is 0 Å². The fraction of sp³-hybridized carbons (Fsp3) is 0.276. The lowest BCUT2D eigenvalue weighted by Crippen LogP contribution is -2.31. The van der Waals surface area contributed by atoms with Gasteiger partial charge in [-0.05, 0) is 74.8 Å². The second-order valence-electron chi connectivity index (χ2n) is 9.88. The Bertz CT molecular complexity index is 1650. The lowest BCUT2D eigenvalue weighted by Gasteiger charge is -2.15. The van der Waals surface area contributed by atoms with E-state index in [1.807, 2.05) is 25.1 Å². The van der Waals surface area contributed by atoms with Gasteiger partial charge in [0, 0.05) is 42.4 Å². The first kappa shape index (κ1) is 27.0. The summed E-state index contributed by atoms with van der Waals surface area (Å²) in [5.74, 6) is -0.606. The summed E-state index contributed by atoms with van der Waals surface area (Å²) in [5.41, 5.74) is 6.38. The predicted octanol–water partition coefficient (Wildman–Crippen LogP) is 2.60. The fourth-order valence-corrected chi connectivity index (χ4v) is 4.75. The number of anilines is 2. The molecule has 0 spiro atoms. The van der Waals surface area contributed by atoms with Crippen LogP contribution in [0.5, 0.6) is 0 Å². The highest BCUT2D eigenvalue weighted by atomic mass is 16.6. The van der Waals surface area contributed by atoms with Gasteiger partial charge in [0.25, 0.3) is 11.8 Å². The molecule has 2 heterocycles. The number of hydrogen-bond donors (Lipinski definition) is 3. The molecular weight excluding hydrogens is 510 g/mol. The topological polar surface area (TPSA) is 130 Å². The number of rotatable bonds is 9. The second kappa shape index (κ2) is 11.6. The van der Waals surface area contributed by atoms with E-state index >= 15 is 0 Å². The molecule has 206 valence electrons. The van der Waals surface area contributed by atoms with Crippen molar-refractivity contribution in [3.63, 3.8) is 0 Å². The molecule has 11 heteroatoms. The maximum absolute atomic E-state index is 13.3. The van der Waals surface area contributed by atoms with Crippen LogP contribution in [-0.4, -0.2) is 65.5 Å². The van der Waals surface area contributed by atoms with Crippen LogP contribution < -0.4 is 21.5 Å². The van der Waals surface area contributed by atoms with Gasteiger partial charge < -0.3 is 20.1 Å². The highest BCUT2D eigenvalue weighted by molar-refractivity contribution is 5.97. The molecule has 0 saturated carbocycles. The van der Waals surface area contributed by atoms with Gasteiger partial charge in [0.1, 0.15) is 5.56 Å². The van der Waals surface area contributed by atoms with Crippen LogP contribution in [0.2, 0.25) is 0 Å². The summed E-state index contributed by atoms with van der Waals surface area (Å²) in [4.78, 5) is 54.2. The number of amides is 2. The number of carbonyl (C=O) groups is 2. The molecule has 3 N–H and O–H groups in total. The molecular formula is C29H31N7O4. The Morgan fingerprint density at radius 2 is 1.90 bits per heavy atom. The van der Waals surface area contributed by atoms with Gasteiger partial charge in [-0.2, -0.15) is 4.98 Å². The number of benzene rings is 2. The lowest BCUT2D eigenvalue weighted by molar-refractivity contribution is 0.0536. The van der Waals surface area contributed by atoms with Crippen molar-refractivity contribution in [3.8, 4) is 5.69 Å². The van der Waals surface area contributed by atoms with E-state index in [2.05, 4.69) is 38.2 Å². The van der Waals surface area contributed by atoms with Crippen LogP contribution in [-0.2, 0) is 17.7 Å². The summed E-state index contributed by atoms with van der Waals surface area (Å²) in [6.07, 6.45) is 5.97. The molecule has 0 fully saturated rings. The maximum Gasteiger partial charge on any atom is 0.280 e. The summed E-state index contributed by atoms with van der Waals surface area (Å²) < 4.78 is 1.72. The summed E-state index contributed by atoms with van der Waals surface area (Å²) in [5, 5.41) is 6.22. The van der Waals surface area contributed by atoms with Crippen LogP contribution in [0.15, 0.2) is 59.7 Å². The Hall–Kier alpha value is -4.61. The van der Waals surface area contributed by atoms with Crippen LogP contribution >= 0.6 is 0 Å². The van der Waals surface area contributed by atoms with Gasteiger partial charge in [0.05, 0.1) is 12.5 Å². The van der Waals surface area contributed by atoms with Crippen LogP contribution in [0, 0.1) is 0 Å². The van der Waals surface area contributed by atoms with Crippen LogP contribution in [0.1, 0.15) is 38.3 Å². The van der Waals surface area contributed by atoms with E-state index in [0.29, 0.717) is 23.4 Å². The summed E-state index contributed by atoms with van der Waals surface area (Å²) in [6.45, 7) is 1.26. The first-order valence-corrected chi connectivity index (χ1v) is 13.0. The number of aromatic nitrogens is 3. The average Bonchev–Trinajstić information content (AvgIpc) is 3.41. The minimum atomic E-state index is -0.660. The molecule has 4 aromatic rings. The zero-order valence-corrected chi connectivity index (χ0v) is 22.7. The van der Waals surface area contributed by atoms with Gasteiger partial charge in [-0.25, -0.2) is 10.5 Å². The van der Waals surface area contributed by atoms with Gasteiger partial charge in [0.2, 0.25) is 11.4 Å². The summed E-state index contributed by atoms with van der Waals surface area (Å²) in [7, 11) is 5.19. The third-order valence-corrected chi connectivity index (χ3v) is 6.77. The van der Waals surface area contributed by atoms with E-state index in [1.54, 1.807) is 28.8 Å². The predicted molar refractivity (Wildman–Crippen MR) is 152 cm³/mol. The zero-order valence-electron chi connectivity index (χ0n) is 22.7. The standard InChI is InChI=1S/C29H31N7O4/c1-35(2)13-12-30-27(38)20-8-5-9-21(14-20)32-29-31-16-23-25(37)24(28(39)34-40-3)17-36(26(23)33-29)22-11-10-18-6-4-7-19(18)15-22/h5,8-11,14-17H,4,6-7,12-13H2,1-3H3,(H,30,38)(H,34,39)(H,31,32,33). The van der Waals surface area contributed by atoms with Crippen molar-refractivity contribution in [2.45, 2.75) is 19.3 Å². The largest absolute Gasteiger partial charge is 0.351 e. The molecule has 11 nitrogen and oxygen atoms in total. The van der Waals surface area contributed by atoms with E-state index in [0.717, 1.165) is 31.5 Å². The zero-order chi connectivity index (χ0) is 28.2. The number of aryl methyl sites for hydroxylation is 2. The van der Waals surface area contributed by atoms with Gasteiger partial charge >= 0.3 is 0 Å². The Kier molecular flexibility index (Phi) is 7.85. The summed E-state index contributed by atoms with van der Waals surface area (Å²) in [6, 6.07) is 13.1. The number of hydrogen-bond acceptors (Lipinski definition) is 8. The van der Waals surface area contributed by atoms with E-state index < -0.39 is 11.3 Å². The minimum absolute atomic E-state index is 0.0906. The van der Waals surface area contributed by atoms with Crippen molar-refractivity contribution in [3.05, 3.63) is 87.3 Å². The van der Waals surface area contributed by atoms with Crippen LogP contribution in [0.25, 0.3) is 16.7 Å². The molecule has 5 rings (SSSR count). The molecule has 2 amide bonds. The molecule has 0 unspecified atom stereocenters. The molecule has 0 aliphatic heterocycles. The number of nitrogens with zero attached hydrogens (tertiary/aromatic N) is 4. The third kappa shape index (κ3) is 5.70. The van der Waals surface area contributed by atoms with E-state index in [-0.39, 0.29) is 22.8 Å². The number of fused-ring (bicyclic) bond motifs is 2. The number of pyridine rings is 1. The van der Waals surface area contributed by atoms with E-state index in [9.17, 15) is 14.4 Å². The van der Waals surface area contributed by atoms with E-state index in [4.69, 9.17) is 4.84 Å². The monoisotopic (exact) mass is 541 g/mol. The number of nitrogens with one attached hydrogen (secondary N) is 3. The molecule has 2 aromatic carbocycles. The van der Waals surface area contributed by atoms with Crippen molar-refractivity contribution in [2.75, 3.05) is 39.6 Å². The second-order valence-corrected chi connectivity index (χ2v) is 9.88. The number of carbonyl (C=O) groups excluding carboxylic acids is 2. The Morgan fingerprint density at radius 3 is 2.70 bits per heavy atom. The first-order valence-electron chi connectivity index (χ1n) is 13.0. The highest BCUT2D eigenvalue weighted by Crippen LogP contribution is 2.26. The van der Waals surface area contributed by atoms with Crippen LogP contribution in [0.4, 0.5) is 11.6 Å². The SMILES string of the molecule is CONC(=O)c1cn(-c2ccc3c(c2)CCC3)c2nc(Nc3cccc(C(=O)NCCN(C)C)c3)ncc2c1=O. The summed E-state index contributed by atoms with van der Waals surface area (Å²) >= 11 is 0.